The summed E-state index contributed by atoms with van der Waals surface area (Å²) in [6.07, 6.45) is 1.57. The fourth-order valence-electron chi connectivity index (χ4n) is 3.18. The quantitative estimate of drug-likeness (QED) is 0.728. The Labute approximate surface area is 152 Å². The van der Waals surface area contributed by atoms with E-state index in [-0.39, 0.29) is 5.91 Å². The number of ether oxygens (including phenoxy) is 1. The molecular weight excluding hydrogens is 328 g/mol. The van der Waals surface area contributed by atoms with Crippen LogP contribution in [0.1, 0.15) is 10.4 Å². The van der Waals surface area contributed by atoms with Crippen LogP contribution >= 0.6 is 0 Å². The lowest BCUT2D eigenvalue weighted by atomic mass is 10.2. The van der Waals surface area contributed by atoms with Crippen LogP contribution in [0.5, 0.6) is 5.88 Å². The van der Waals surface area contributed by atoms with E-state index in [4.69, 9.17) is 9.72 Å². The maximum Gasteiger partial charge on any atom is 0.255 e. The molecule has 1 saturated heterocycles. The van der Waals surface area contributed by atoms with Crippen LogP contribution in [0.4, 0.5) is 5.82 Å². The molecule has 1 aliphatic heterocycles. The van der Waals surface area contributed by atoms with Gasteiger partial charge in [0.2, 0.25) is 5.88 Å². The lowest BCUT2D eigenvalue weighted by Crippen LogP contribution is -2.49. The second kappa shape index (κ2) is 7.00. The molecular formula is C20H20N4O2. The van der Waals surface area contributed by atoms with Crippen LogP contribution in [-0.2, 0) is 0 Å². The van der Waals surface area contributed by atoms with Crippen LogP contribution in [0.25, 0.3) is 10.9 Å². The standard InChI is InChI=1S/C20H20N4O2/c1-26-19-9-7-16(14-21-19)20(25)24-12-10-23(11-13-24)18-8-6-15-4-2-3-5-17(15)22-18/h2-9,14H,10-13H2,1H3. The van der Waals surface area contributed by atoms with E-state index in [1.54, 1.807) is 25.4 Å². The van der Waals surface area contributed by atoms with E-state index in [2.05, 4.69) is 22.0 Å². The number of piperazine rings is 1. The summed E-state index contributed by atoms with van der Waals surface area (Å²) in [6.45, 7) is 2.86. The summed E-state index contributed by atoms with van der Waals surface area (Å²) < 4.78 is 5.04. The number of carbonyl (C=O) groups excluding carboxylic acids is 1. The van der Waals surface area contributed by atoms with Gasteiger partial charge in [0.25, 0.3) is 5.91 Å². The summed E-state index contributed by atoms with van der Waals surface area (Å²) in [5.74, 6) is 1.47. The summed E-state index contributed by atoms with van der Waals surface area (Å²) in [6, 6.07) is 15.7. The molecule has 4 rings (SSSR count). The normalized spacial score (nSPS) is 14.5. The fourth-order valence-corrected chi connectivity index (χ4v) is 3.18. The zero-order chi connectivity index (χ0) is 17.9. The van der Waals surface area contributed by atoms with Crippen LogP contribution in [-0.4, -0.2) is 54.1 Å². The Balaban J connectivity index is 1.43. The number of pyridine rings is 2. The molecule has 1 amide bonds. The topological polar surface area (TPSA) is 58.6 Å². The Kier molecular flexibility index (Phi) is 4.39. The molecule has 3 aromatic rings. The van der Waals surface area contributed by atoms with Crippen LogP contribution in [0, 0.1) is 0 Å². The third-order valence-corrected chi connectivity index (χ3v) is 4.67. The van der Waals surface area contributed by atoms with E-state index in [1.807, 2.05) is 29.2 Å². The highest BCUT2D eigenvalue weighted by Gasteiger charge is 2.23. The molecule has 1 aromatic carbocycles. The van der Waals surface area contributed by atoms with Crippen molar-refractivity contribution in [3.8, 4) is 5.88 Å². The average molecular weight is 348 g/mol. The molecule has 0 spiro atoms. The monoisotopic (exact) mass is 348 g/mol. The average Bonchev–Trinajstić information content (AvgIpc) is 2.73. The molecule has 0 N–H and O–H groups in total. The smallest absolute Gasteiger partial charge is 0.255 e. The molecule has 3 heterocycles. The molecule has 132 valence electrons. The molecule has 1 fully saturated rings. The van der Waals surface area contributed by atoms with E-state index in [0.29, 0.717) is 24.5 Å². The molecule has 0 aliphatic carbocycles. The molecule has 6 nitrogen and oxygen atoms in total. The number of para-hydroxylation sites is 1. The van der Waals surface area contributed by atoms with Gasteiger partial charge in [-0.05, 0) is 24.3 Å². The SMILES string of the molecule is COc1ccc(C(=O)N2CCN(c3ccc4ccccc4n3)CC2)cn1. The molecule has 0 atom stereocenters. The van der Waals surface area contributed by atoms with Gasteiger partial charge in [-0.25, -0.2) is 9.97 Å². The van der Waals surface area contributed by atoms with Crippen molar-refractivity contribution in [2.75, 3.05) is 38.2 Å². The number of nitrogens with zero attached hydrogens (tertiary/aromatic N) is 4. The Morgan fingerprint density at radius 1 is 1.00 bits per heavy atom. The summed E-state index contributed by atoms with van der Waals surface area (Å²) in [5.41, 5.74) is 1.58. The minimum absolute atomic E-state index is 0.00581. The Morgan fingerprint density at radius 2 is 1.81 bits per heavy atom. The maximum atomic E-state index is 12.6. The van der Waals surface area contributed by atoms with Crippen LogP contribution in [0.15, 0.2) is 54.7 Å². The highest BCUT2D eigenvalue weighted by atomic mass is 16.5. The van der Waals surface area contributed by atoms with Crippen molar-refractivity contribution in [3.05, 3.63) is 60.3 Å². The maximum absolute atomic E-state index is 12.6. The van der Waals surface area contributed by atoms with E-state index < -0.39 is 0 Å². The number of carbonyl (C=O) groups is 1. The van der Waals surface area contributed by atoms with Crippen molar-refractivity contribution in [2.24, 2.45) is 0 Å². The first-order valence-corrected chi connectivity index (χ1v) is 8.65. The molecule has 2 aromatic heterocycles. The summed E-state index contributed by atoms with van der Waals surface area (Å²) in [7, 11) is 1.56. The van der Waals surface area contributed by atoms with Gasteiger partial charge < -0.3 is 14.5 Å². The summed E-state index contributed by atoms with van der Waals surface area (Å²) in [4.78, 5) is 25.6. The van der Waals surface area contributed by atoms with Gasteiger partial charge in [0, 0.05) is 43.8 Å². The summed E-state index contributed by atoms with van der Waals surface area (Å²) in [5, 5.41) is 1.14. The van der Waals surface area contributed by atoms with Gasteiger partial charge in [-0.3, -0.25) is 4.79 Å². The molecule has 26 heavy (non-hydrogen) atoms. The number of anilines is 1. The van der Waals surface area contributed by atoms with Crippen LogP contribution in [0.2, 0.25) is 0 Å². The lowest BCUT2D eigenvalue weighted by molar-refractivity contribution is 0.0746. The largest absolute Gasteiger partial charge is 0.481 e. The number of rotatable bonds is 3. The number of hydrogen-bond acceptors (Lipinski definition) is 5. The van der Waals surface area contributed by atoms with E-state index in [0.717, 1.165) is 29.8 Å². The number of amides is 1. The Morgan fingerprint density at radius 3 is 2.54 bits per heavy atom. The second-order valence-electron chi connectivity index (χ2n) is 6.23. The fraction of sp³-hybridized carbons (Fsp3) is 0.250. The van der Waals surface area contributed by atoms with Gasteiger partial charge in [0.1, 0.15) is 5.82 Å². The first-order valence-electron chi connectivity index (χ1n) is 8.65. The lowest BCUT2D eigenvalue weighted by Gasteiger charge is -2.35. The Bertz CT molecular complexity index is 919. The van der Waals surface area contributed by atoms with Crippen molar-refractivity contribution >= 4 is 22.6 Å². The third kappa shape index (κ3) is 3.18. The minimum Gasteiger partial charge on any atom is -0.481 e. The Hall–Kier alpha value is -3.15. The predicted molar refractivity (Wildman–Crippen MR) is 101 cm³/mol. The molecule has 0 unspecified atom stereocenters. The van der Waals surface area contributed by atoms with E-state index in [1.165, 1.54) is 0 Å². The highest BCUT2D eigenvalue weighted by Crippen LogP contribution is 2.20. The number of fused-ring (bicyclic) bond motifs is 1. The number of benzene rings is 1. The molecule has 0 bridgehead atoms. The van der Waals surface area contributed by atoms with Crippen LogP contribution in [0.3, 0.4) is 0 Å². The number of methoxy groups -OCH3 is 1. The number of aromatic nitrogens is 2. The number of hydrogen-bond donors (Lipinski definition) is 0. The first kappa shape index (κ1) is 16.3. The van der Waals surface area contributed by atoms with Crippen molar-refractivity contribution in [1.82, 2.24) is 14.9 Å². The van der Waals surface area contributed by atoms with Gasteiger partial charge >= 0.3 is 0 Å². The zero-order valence-corrected chi connectivity index (χ0v) is 14.6. The van der Waals surface area contributed by atoms with Crippen molar-refractivity contribution < 1.29 is 9.53 Å². The van der Waals surface area contributed by atoms with Gasteiger partial charge in [-0.2, -0.15) is 0 Å². The third-order valence-electron chi connectivity index (χ3n) is 4.67. The molecule has 6 heteroatoms. The van der Waals surface area contributed by atoms with Crippen LogP contribution < -0.4 is 9.64 Å². The first-order chi connectivity index (χ1) is 12.7. The highest BCUT2D eigenvalue weighted by molar-refractivity contribution is 5.94. The van der Waals surface area contributed by atoms with Crippen molar-refractivity contribution in [3.63, 3.8) is 0 Å². The molecule has 0 saturated carbocycles. The van der Waals surface area contributed by atoms with E-state index in [9.17, 15) is 4.79 Å². The van der Waals surface area contributed by atoms with Gasteiger partial charge in [-0.1, -0.05) is 18.2 Å². The minimum atomic E-state index is 0.00581. The van der Waals surface area contributed by atoms with Gasteiger partial charge in [-0.15, -0.1) is 0 Å². The van der Waals surface area contributed by atoms with Crippen molar-refractivity contribution in [2.45, 2.75) is 0 Å². The van der Waals surface area contributed by atoms with Crippen molar-refractivity contribution in [1.29, 1.82) is 0 Å². The second-order valence-corrected chi connectivity index (χ2v) is 6.23. The summed E-state index contributed by atoms with van der Waals surface area (Å²) >= 11 is 0. The molecule has 1 aliphatic rings. The van der Waals surface area contributed by atoms with E-state index >= 15 is 0 Å². The van der Waals surface area contributed by atoms with Gasteiger partial charge in [0.05, 0.1) is 18.2 Å². The predicted octanol–water partition coefficient (Wildman–Crippen LogP) is 2.60. The molecule has 0 radical (unpaired) electrons. The zero-order valence-electron chi connectivity index (χ0n) is 14.6. The van der Waals surface area contributed by atoms with Gasteiger partial charge in [0.15, 0.2) is 0 Å².